The molecule has 0 spiro atoms. The van der Waals surface area contributed by atoms with E-state index >= 15 is 0 Å². The molecule has 0 fully saturated rings. The van der Waals surface area contributed by atoms with Crippen LogP contribution in [0.2, 0.25) is 0 Å². The summed E-state index contributed by atoms with van der Waals surface area (Å²) in [5.41, 5.74) is 4.14. The van der Waals surface area contributed by atoms with Crippen LogP contribution < -0.4 is 0 Å². The molecule has 3 nitrogen and oxygen atoms in total. The van der Waals surface area contributed by atoms with Crippen LogP contribution in [0.4, 0.5) is 0 Å². The number of hydrogen-bond donors (Lipinski definition) is 1. The first kappa shape index (κ1) is 14.3. The number of aromatic nitrogens is 2. The van der Waals surface area contributed by atoms with Crippen LogP contribution in [0, 0.1) is 0 Å². The molecule has 0 saturated carbocycles. The van der Waals surface area contributed by atoms with Gasteiger partial charge < -0.3 is 5.11 Å². The van der Waals surface area contributed by atoms with E-state index in [1.807, 2.05) is 24.0 Å². The maximum Gasteiger partial charge on any atom is 0.0909 e. The molecule has 2 aromatic rings. The lowest BCUT2D eigenvalue weighted by molar-refractivity contribution is 0.0575. The van der Waals surface area contributed by atoms with Gasteiger partial charge in [-0.25, -0.2) is 0 Å². The highest BCUT2D eigenvalue weighted by Gasteiger charge is 2.25. The Bertz CT molecular complexity index is 628. The van der Waals surface area contributed by atoms with E-state index in [4.69, 9.17) is 0 Å². The predicted molar refractivity (Wildman–Crippen MR) is 84.3 cm³/mol. The lowest BCUT2D eigenvalue weighted by Gasteiger charge is -2.26. The highest BCUT2D eigenvalue weighted by atomic mass is 16.3. The fraction of sp³-hybridized carbons (Fsp3) is 0.500. The Balaban J connectivity index is 1.83. The van der Waals surface area contributed by atoms with Crippen molar-refractivity contribution in [3.05, 3.63) is 52.8 Å². The van der Waals surface area contributed by atoms with E-state index < -0.39 is 5.60 Å². The van der Waals surface area contributed by atoms with Gasteiger partial charge >= 0.3 is 0 Å². The number of rotatable bonds is 4. The zero-order valence-electron chi connectivity index (χ0n) is 13.0. The average Bonchev–Trinajstić information content (AvgIpc) is 2.93. The summed E-state index contributed by atoms with van der Waals surface area (Å²) in [6.45, 7) is 4.83. The lowest BCUT2D eigenvalue weighted by Crippen LogP contribution is -2.24. The van der Waals surface area contributed by atoms with Gasteiger partial charge in [0.05, 0.1) is 11.8 Å². The summed E-state index contributed by atoms with van der Waals surface area (Å²) < 4.78 is 1.90. The molecule has 1 heterocycles. The molecule has 0 saturated heterocycles. The highest BCUT2D eigenvalue weighted by Crippen LogP contribution is 2.30. The van der Waals surface area contributed by atoms with Crippen LogP contribution >= 0.6 is 0 Å². The SMILES string of the molecule is CCn1cc(CC(C)(O)c2ccc3c(c2)CCCC3)cn1. The summed E-state index contributed by atoms with van der Waals surface area (Å²) in [6, 6.07) is 6.50. The van der Waals surface area contributed by atoms with Crippen LogP contribution in [0.3, 0.4) is 0 Å². The Morgan fingerprint density at radius 2 is 2.00 bits per heavy atom. The third kappa shape index (κ3) is 3.03. The van der Waals surface area contributed by atoms with Gasteiger partial charge in [0.15, 0.2) is 0 Å². The van der Waals surface area contributed by atoms with Crippen molar-refractivity contribution in [2.75, 3.05) is 0 Å². The fourth-order valence-corrected chi connectivity index (χ4v) is 3.24. The van der Waals surface area contributed by atoms with Gasteiger partial charge in [0.25, 0.3) is 0 Å². The van der Waals surface area contributed by atoms with Crippen LogP contribution in [0.5, 0.6) is 0 Å². The van der Waals surface area contributed by atoms with Crippen molar-refractivity contribution >= 4 is 0 Å². The summed E-state index contributed by atoms with van der Waals surface area (Å²) in [7, 11) is 0. The molecule has 0 aliphatic heterocycles. The molecule has 3 rings (SSSR count). The molecule has 0 radical (unpaired) electrons. The number of aryl methyl sites for hydroxylation is 3. The normalized spacial score (nSPS) is 17.3. The summed E-state index contributed by atoms with van der Waals surface area (Å²) in [5, 5.41) is 15.2. The van der Waals surface area contributed by atoms with E-state index in [2.05, 4.69) is 30.2 Å². The monoisotopic (exact) mass is 284 g/mol. The van der Waals surface area contributed by atoms with Crippen molar-refractivity contribution in [3.8, 4) is 0 Å². The standard InChI is InChI=1S/C18H24N2O/c1-3-20-13-14(12-19-20)11-18(2,21)17-9-8-15-6-4-5-7-16(15)10-17/h8-10,12-13,21H,3-7,11H2,1-2H3. The van der Waals surface area contributed by atoms with E-state index in [1.165, 1.54) is 30.4 Å². The summed E-state index contributed by atoms with van der Waals surface area (Å²) in [4.78, 5) is 0. The summed E-state index contributed by atoms with van der Waals surface area (Å²) >= 11 is 0. The molecule has 0 bridgehead atoms. The van der Waals surface area contributed by atoms with Gasteiger partial charge in [0, 0.05) is 19.2 Å². The Kier molecular flexibility index (Phi) is 3.85. The molecule has 1 unspecified atom stereocenters. The van der Waals surface area contributed by atoms with E-state index in [1.54, 1.807) is 0 Å². The van der Waals surface area contributed by atoms with Crippen molar-refractivity contribution in [2.45, 2.75) is 58.1 Å². The van der Waals surface area contributed by atoms with Crippen molar-refractivity contribution in [1.29, 1.82) is 0 Å². The van der Waals surface area contributed by atoms with Crippen molar-refractivity contribution in [1.82, 2.24) is 9.78 Å². The van der Waals surface area contributed by atoms with Gasteiger partial charge in [0.2, 0.25) is 0 Å². The van der Waals surface area contributed by atoms with Crippen molar-refractivity contribution < 1.29 is 5.11 Å². The third-order valence-corrected chi connectivity index (χ3v) is 4.53. The Morgan fingerprint density at radius 3 is 2.71 bits per heavy atom. The molecular weight excluding hydrogens is 260 g/mol. The van der Waals surface area contributed by atoms with Gasteiger partial charge in [-0.1, -0.05) is 18.2 Å². The highest BCUT2D eigenvalue weighted by molar-refractivity contribution is 5.36. The quantitative estimate of drug-likeness (QED) is 0.936. The minimum Gasteiger partial charge on any atom is -0.385 e. The molecular formula is C18H24N2O. The predicted octanol–water partition coefficient (Wildman–Crippen LogP) is 3.23. The van der Waals surface area contributed by atoms with Gasteiger partial charge in [-0.2, -0.15) is 5.10 Å². The van der Waals surface area contributed by atoms with Gasteiger partial charge in [0.1, 0.15) is 0 Å². The average molecular weight is 284 g/mol. The largest absolute Gasteiger partial charge is 0.385 e. The molecule has 1 aliphatic rings. The zero-order chi connectivity index (χ0) is 14.9. The Labute approximate surface area is 126 Å². The van der Waals surface area contributed by atoms with Crippen LogP contribution in [0.15, 0.2) is 30.6 Å². The van der Waals surface area contributed by atoms with E-state index in [9.17, 15) is 5.11 Å². The van der Waals surface area contributed by atoms with Gasteiger partial charge in [-0.3, -0.25) is 4.68 Å². The van der Waals surface area contributed by atoms with Crippen molar-refractivity contribution in [3.63, 3.8) is 0 Å². The van der Waals surface area contributed by atoms with E-state index in [-0.39, 0.29) is 0 Å². The third-order valence-electron chi connectivity index (χ3n) is 4.53. The first-order chi connectivity index (χ1) is 10.1. The molecule has 112 valence electrons. The van der Waals surface area contributed by atoms with E-state index in [0.29, 0.717) is 6.42 Å². The maximum absolute atomic E-state index is 10.9. The maximum atomic E-state index is 10.9. The minimum absolute atomic E-state index is 0.603. The molecule has 21 heavy (non-hydrogen) atoms. The second-order valence-electron chi connectivity index (χ2n) is 6.35. The molecule has 1 aromatic heterocycles. The topological polar surface area (TPSA) is 38.0 Å². The summed E-state index contributed by atoms with van der Waals surface area (Å²) in [6.07, 6.45) is 9.36. The second kappa shape index (κ2) is 5.64. The van der Waals surface area contributed by atoms with Crippen LogP contribution in [-0.2, 0) is 31.4 Å². The first-order valence-electron chi connectivity index (χ1n) is 7.94. The molecule has 1 aliphatic carbocycles. The fourth-order valence-electron chi connectivity index (χ4n) is 3.24. The summed E-state index contributed by atoms with van der Waals surface area (Å²) in [5.74, 6) is 0. The first-order valence-corrected chi connectivity index (χ1v) is 7.94. The van der Waals surface area contributed by atoms with Gasteiger partial charge in [-0.05, 0) is 61.8 Å². The number of fused-ring (bicyclic) bond motifs is 1. The number of nitrogens with zero attached hydrogens (tertiary/aromatic N) is 2. The number of aliphatic hydroxyl groups is 1. The molecule has 1 atom stereocenters. The van der Waals surface area contributed by atoms with Crippen LogP contribution in [0.25, 0.3) is 0 Å². The van der Waals surface area contributed by atoms with Crippen LogP contribution in [0.1, 0.15) is 48.9 Å². The molecule has 1 N–H and O–H groups in total. The van der Waals surface area contributed by atoms with Crippen LogP contribution in [-0.4, -0.2) is 14.9 Å². The zero-order valence-corrected chi connectivity index (χ0v) is 13.0. The lowest BCUT2D eigenvalue weighted by atomic mass is 9.84. The van der Waals surface area contributed by atoms with E-state index in [0.717, 1.165) is 24.1 Å². The van der Waals surface area contributed by atoms with Crippen molar-refractivity contribution in [2.24, 2.45) is 0 Å². The number of benzene rings is 1. The van der Waals surface area contributed by atoms with Gasteiger partial charge in [-0.15, -0.1) is 0 Å². The Morgan fingerprint density at radius 1 is 1.24 bits per heavy atom. The Hall–Kier alpha value is -1.61. The minimum atomic E-state index is -0.839. The second-order valence-corrected chi connectivity index (χ2v) is 6.35. The molecule has 0 amide bonds. The number of hydrogen-bond acceptors (Lipinski definition) is 2. The smallest absolute Gasteiger partial charge is 0.0909 e. The molecule has 3 heteroatoms. The molecule has 1 aromatic carbocycles.